The number of aryl methyl sites for hydroxylation is 1. The molecule has 0 spiro atoms. The molecule has 0 aromatic carbocycles. The highest BCUT2D eigenvalue weighted by Crippen LogP contribution is 2.14. The zero-order valence-corrected chi connectivity index (χ0v) is 12.0. The van der Waals surface area contributed by atoms with Gasteiger partial charge in [0.1, 0.15) is 5.56 Å². The summed E-state index contributed by atoms with van der Waals surface area (Å²) in [6, 6.07) is 1.70. The Bertz CT molecular complexity index is 606. The minimum atomic E-state index is -0.191. The number of aliphatic hydroxyl groups excluding tert-OH is 1. The number of aromatic nitrogens is 3. The van der Waals surface area contributed by atoms with Gasteiger partial charge in [0.25, 0.3) is 5.91 Å². The fourth-order valence-electron chi connectivity index (χ4n) is 2.21. The zero-order chi connectivity index (χ0) is 14.7. The molecule has 20 heavy (non-hydrogen) atoms. The quantitative estimate of drug-likeness (QED) is 0.859. The first-order valence-corrected chi connectivity index (χ1v) is 6.76. The van der Waals surface area contributed by atoms with Crippen LogP contribution in [0.5, 0.6) is 0 Å². The van der Waals surface area contributed by atoms with Gasteiger partial charge in [-0.15, -0.1) is 0 Å². The summed E-state index contributed by atoms with van der Waals surface area (Å²) in [5, 5.41) is 16.3. The maximum absolute atomic E-state index is 12.4. The Labute approximate surface area is 117 Å². The first-order valence-electron chi connectivity index (χ1n) is 6.76. The molecular formula is C14H20N4O2. The van der Waals surface area contributed by atoms with E-state index in [4.69, 9.17) is 5.11 Å². The van der Waals surface area contributed by atoms with Crippen molar-refractivity contribution in [3.05, 3.63) is 29.7 Å². The Hall–Kier alpha value is -1.95. The van der Waals surface area contributed by atoms with Gasteiger partial charge in [-0.1, -0.05) is 13.8 Å². The van der Waals surface area contributed by atoms with E-state index >= 15 is 0 Å². The summed E-state index contributed by atoms with van der Waals surface area (Å²) in [4.78, 5) is 16.7. The smallest absolute Gasteiger partial charge is 0.257 e. The van der Waals surface area contributed by atoms with Gasteiger partial charge >= 0.3 is 0 Å². The molecule has 1 amide bonds. The Morgan fingerprint density at radius 3 is 2.90 bits per heavy atom. The molecule has 1 unspecified atom stereocenters. The number of carbonyl (C=O) groups excluding carboxylic acids is 1. The summed E-state index contributed by atoms with van der Waals surface area (Å²) >= 11 is 0. The van der Waals surface area contributed by atoms with E-state index in [1.165, 1.54) is 0 Å². The van der Waals surface area contributed by atoms with Gasteiger partial charge in [0.05, 0.1) is 5.69 Å². The lowest BCUT2D eigenvalue weighted by atomic mass is 10.0. The monoisotopic (exact) mass is 276 g/mol. The van der Waals surface area contributed by atoms with Crippen LogP contribution < -0.4 is 5.32 Å². The highest BCUT2D eigenvalue weighted by molar-refractivity contribution is 6.01. The first-order chi connectivity index (χ1) is 9.54. The average Bonchev–Trinajstić information content (AvgIpc) is 2.73. The standard InChI is InChI=1S/C14H20N4O2/c1-9(2)11(5-8-19)16-14(20)12-10(3)17-18-7-4-6-15-13(12)18/h4,6-7,9,11,19H,5,8H2,1-3H3,(H,16,20). The van der Waals surface area contributed by atoms with Gasteiger partial charge in [0.2, 0.25) is 0 Å². The van der Waals surface area contributed by atoms with Crippen LogP contribution in [0.1, 0.15) is 36.3 Å². The summed E-state index contributed by atoms with van der Waals surface area (Å²) in [7, 11) is 0. The molecule has 108 valence electrons. The molecule has 0 aliphatic rings. The number of hydrogen-bond donors (Lipinski definition) is 2. The molecule has 2 rings (SSSR count). The lowest BCUT2D eigenvalue weighted by Crippen LogP contribution is -2.39. The van der Waals surface area contributed by atoms with E-state index in [0.717, 1.165) is 0 Å². The van der Waals surface area contributed by atoms with Crippen molar-refractivity contribution in [2.75, 3.05) is 6.61 Å². The summed E-state index contributed by atoms with van der Waals surface area (Å²) in [5.41, 5.74) is 1.69. The van der Waals surface area contributed by atoms with Gasteiger partial charge < -0.3 is 10.4 Å². The van der Waals surface area contributed by atoms with Gasteiger partial charge in [-0.3, -0.25) is 4.79 Å². The van der Waals surface area contributed by atoms with Crippen LogP contribution in [0.2, 0.25) is 0 Å². The largest absolute Gasteiger partial charge is 0.396 e. The number of nitrogens with zero attached hydrogens (tertiary/aromatic N) is 3. The topological polar surface area (TPSA) is 79.5 Å². The fraction of sp³-hybridized carbons (Fsp3) is 0.500. The summed E-state index contributed by atoms with van der Waals surface area (Å²) < 4.78 is 1.60. The van der Waals surface area contributed by atoms with Gasteiger partial charge in [-0.2, -0.15) is 5.10 Å². The highest BCUT2D eigenvalue weighted by Gasteiger charge is 2.22. The second-order valence-electron chi connectivity index (χ2n) is 5.18. The van der Waals surface area contributed by atoms with Crippen LogP contribution in [0, 0.1) is 12.8 Å². The molecule has 2 aromatic heterocycles. The van der Waals surface area contributed by atoms with Crippen molar-refractivity contribution in [1.29, 1.82) is 0 Å². The van der Waals surface area contributed by atoms with Crippen LogP contribution in [0.4, 0.5) is 0 Å². The highest BCUT2D eigenvalue weighted by atomic mass is 16.3. The van der Waals surface area contributed by atoms with Gasteiger partial charge in [-0.25, -0.2) is 9.50 Å². The molecule has 6 heteroatoms. The van der Waals surface area contributed by atoms with E-state index < -0.39 is 0 Å². The third kappa shape index (κ3) is 2.80. The molecule has 0 saturated carbocycles. The van der Waals surface area contributed by atoms with Crippen LogP contribution in [-0.4, -0.2) is 38.3 Å². The minimum absolute atomic E-state index is 0.0507. The van der Waals surface area contributed by atoms with Crippen LogP contribution >= 0.6 is 0 Å². The van der Waals surface area contributed by atoms with E-state index in [9.17, 15) is 4.79 Å². The van der Waals surface area contributed by atoms with E-state index in [-0.39, 0.29) is 24.5 Å². The maximum atomic E-state index is 12.4. The number of carbonyl (C=O) groups is 1. The van der Waals surface area contributed by atoms with E-state index in [0.29, 0.717) is 23.3 Å². The number of aliphatic hydroxyl groups is 1. The molecule has 0 aliphatic carbocycles. The van der Waals surface area contributed by atoms with Crippen LogP contribution in [0.3, 0.4) is 0 Å². The number of rotatable bonds is 5. The number of fused-ring (bicyclic) bond motifs is 1. The van der Waals surface area contributed by atoms with Crippen molar-refractivity contribution >= 4 is 11.6 Å². The van der Waals surface area contributed by atoms with Crippen molar-refractivity contribution < 1.29 is 9.90 Å². The van der Waals surface area contributed by atoms with Crippen LogP contribution in [0.15, 0.2) is 18.5 Å². The molecular weight excluding hydrogens is 256 g/mol. The molecule has 1 atom stereocenters. The number of nitrogens with one attached hydrogen (secondary N) is 1. The van der Waals surface area contributed by atoms with E-state index in [1.54, 1.807) is 29.9 Å². The molecule has 2 heterocycles. The molecule has 2 aromatic rings. The minimum Gasteiger partial charge on any atom is -0.396 e. The number of hydrogen-bond acceptors (Lipinski definition) is 4. The Morgan fingerprint density at radius 2 is 2.25 bits per heavy atom. The third-order valence-electron chi connectivity index (χ3n) is 3.36. The Morgan fingerprint density at radius 1 is 1.50 bits per heavy atom. The van der Waals surface area contributed by atoms with Crippen LogP contribution in [0.25, 0.3) is 5.65 Å². The first kappa shape index (κ1) is 14.5. The second kappa shape index (κ2) is 6.00. The van der Waals surface area contributed by atoms with Gasteiger partial charge in [0.15, 0.2) is 5.65 Å². The molecule has 0 fully saturated rings. The number of amides is 1. The van der Waals surface area contributed by atoms with Gasteiger partial charge in [0, 0.05) is 25.0 Å². The molecule has 0 radical (unpaired) electrons. The Balaban J connectivity index is 2.29. The molecule has 0 bridgehead atoms. The summed E-state index contributed by atoms with van der Waals surface area (Å²) in [5.74, 6) is 0.0598. The van der Waals surface area contributed by atoms with E-state index in [1.807, 2.05) is 13.8 Å². The fourth-order valence-corrected chi connectivity index (χ4v) is 2.21. The predicted octanol–water partition coefficient (Wildman–Crippen LogP) is 1.17. The van der Waals surface area contributed by atoms with Crippen LogP contribution in [-0.2, 0) is 0 Å². The lowest BCUT2D eigenvalue weighted by Gasteiger charge is -2.21. The normalized spacial score (nSPS) is 12.8. The van der Waals surface area contributed by atoms with E-state index in [2.05, 4.69) is 15.4 Å². The second-order valence-corrected chi connectivity index (χ2v) is 5.18. The van der Waals surface area contributed by atoms with Crippen molar-refractivity contribution in [3.8, 4) is 0 Å². The third-order valence-corrected chi connectivity index (χ3v) is 3.36. The maximum Gasteiger partial charge on any atom is 0.257 e. The Kier molecular flexibility index (Phi) is 4.34. The predicted molar refractivity (Wildman–Crippen MR) is 75.5 cm³/mol. The molecule has 0 aliphatic heterocycles. The summed E-state index contributed by atoms with van der Waals surface area (Å²) in [6.07, 6.45) is 3.94. The van der Waals surface area contributed by atoms with Crippen molar-refractivity contribution in [3.63, 3.8) is 0 Å². The zero-order valence-electron chi connectivity index (χ0n) is 12.0. The molecule has 6 nitrogen and oxygen atoms in total. The molecule has 0 saturated heterocycles. The lowest BCUT2D eigenvalue weighted by molar-refractivity contribution is 0.0917. The van der Waals surface area contributed by atoms with Gasteiger partial charge in [-0.05, 0) is 25.3 Å². The van der Waals surface area contributed by atoms with Crippen molar-refractivity contribution in [1.82, 2.24) is 19.9 Å². The average molecular weight is 276 g/mol. The van der Waals surface area contributed by atoms with Crippen molar-refractivity contribution in [2.24, 2.45) is 5.92 Å². The molecule has 2 N–H and O–H groups in total. The summed E-state index contributed by atoms with van der Waals surface area (Å²) in [6.45, 7) is 5.87. The van der Waals surface area contributed by atoms with Crippen molar-refractivity contribution in [2.45, 2.75) is 33.2 Å². The SMILES string of the molecule is Cc1nn2cccnc2c1C(=O)NC(CCO)C(C)C.